The van der Waals surface area contributed by atoms with Gasteiger partial charge in [-0.25, -0.2) is 0 Å². The Bertz CT molecular complexity index is 293. The zero-order chi connectivity index (χ0) is 13.9. The maximum atomic E-state index is 11.1. The summed E-state index contributed by atoms with van der Waals surface area (Å²) in [7, 11) is 3.66. The maximum absolute atomic E-state index is 11.1. The lowest BCUT2D eigenvalue weighted by Crippen LogP contribution is -2.47. The summed E-state index contributed by atoms with van der Waals surface area (Å²) in [4.78, 5) is 13.3. The van der Waals surface area contributed by atoms with Crippen molar-refractivity contribution in [3.05, 3.63) is 0 Å². The normalized spacial score (nSPS) is 26.6. The first-order chi connectivity index (χ1) is 8.28. The van der Waals surface area contributed by atoms with E-state index in [-0.39, 0.29) is 17.7 Å². The monoisotopic (exact) mass is 259 g/mol. The lowest BCUT2D eigenvalue weighted by molar-refractivity contribution is -0.143. The predicted octanol–water partition coefficient (Wildman–Crippen LogP) is 1.22. The van der Waals surface area contributed by atoms with Gasteiger partial charge in [0.05, 0.1) is 24.7 Å². The Balaban J connectivity index is 2.63. The van der Waals surface area contributed by atoms with Gasteiger partial charge in [-0.3, -0.25) is 9.69 Å². The number of ether oxygens (including phenoxy) is 2. The molecule has 0 radical (unpaired) electrons. The van der Waals surface area contributed by atoms with Gasteiger partial charge in [0, 0.05) is 19.2 Å². The van der Waals surface area contributed by atoms with Crippen LogP contribution in [-0.4, -0.2) is 61.0 Å². The molecule has 5 heteroatoms. The van der Waals surface area contributed by atoms with E-state index in [9.17, 15) is 4.79 Å². The second-order valence-electron chi connectivity index (χ2n) is 5.73. The molecule has 0 aliphatic carbocycles. The molecule has 1 aliphatic rings. The van der Waals surface area contributed by atoms with Gasteiger partial charge in [-0.15, -0.1) is 0 Å². The summed E-state index contributed by atoms with van der Waals surface area (Å²) in [5.74, 6) is -1.20. The second-order valence-corrected chi connectivity index (χ2v) is 5.73. The number of methoxy groups -OCH3 is 1. The lowest BCUT2D eigenvalue weighted by atomic mass is 9.95. The third-order valence-electron chi connectivity index (χ3n) is 3.93. The fraction of sp³-hybridized carbons (Fsp3) is 0.923. The van der Waals surface area contributed by atoms with Gasteiger partial charge >= 0.3 is 5.97 Å². The average Bonchev–Trinajstić information content (AvgIpc) is 2.76. The summed E-state index contributed by atoms with van der Waals surface area (Å²) in [6, 6.07) is 0.193. The van der Waals surface area contributed by atoms with Crippen LogP contribution in [0.2, 0.25) is 0 Å². The molecule has 18 heavy (non-hydrogen) atoms. The van der Waals surface area contributed by atoms with E-state index in [1.807, 2.05) is 20.9 Å². The molecule has 0 aromatic heterocycles. The standard InChI is InChI=1S/C13H25NO4/c1-9(6-13(2,3)17-5)14(4)11-8-18-7-10(11)12(15)16/h9-11H,6-8H2,1-5H3,(H,15,16). The van der Waals surface area contributed by atoms with Crippen molar-refractivity contribution < 1.29 is 19.4 Å². The number of nitrogens with zero attached hydrogens (tertiary/aromatic N) is 1. The van der Waals surface area contributed by atoms with Crippen LogP contribution in [0.1, 0.15) is 27.2 Å². The Morgan fingerprint density at radius 2 is 2.17 bits per heavy atom. The van der Waals surface area contributed by atoms with Crippen LogP contribution in [0.5, 0.6) is 0 Å². The molecule has 3 unspecified atom stereocenters. The van der Waals surface area contributed by atoms with E-state index in [4.69, 9.17) is 14.6 Å². The van der Waals surface area contributed by atoms with E-state index >= 15 is 0 Å². The van der Waals surface area contributed by atoms with Crippen molar-refractivity contribution in [3.8, 4) is 0 Å². The smallest absolute Gasteiger partial charge is 0.310 e. The van der Waals surface area contributed by atoms with Crippen LogP contribution in [0.3, 0.4) is 0 Å². The van der Waals surface area contributed by atoms with Crippen molar-refractivity contribution in [2.45, 2.75) is 44.9 Å². The first-order valence-electron chi connectivity index (χ1n) is 6.36. The minimum atomic E-state index is -0.775. The van der Waals surface area contributed by atoms with Crippen molar-refractivity contribution in [3.63, 3.8) is 0 Å². The van der Waals surface area contributed by atoms with Gasteiger partial charge in [-0.1, -0.05) is 0 Å². The molecule has 1 heterocycles. The summed E-state index contributed by atoms with van der Waals surface area (Å²) >= 11 is 0. The van der Waals surface area contributed by atoms with Gasteiger partial charge in [0.15, 0.2) is 0 Å². The van der Waals surface area contributed by atoms with Crippen molar-refractivity contribution in [2.75, 3.05) is 27.4 Å². The summed E-state index contributed by atoms with van der Waals surface area (Å²) in [5, 5.41) is 9.16. The first-order valence-corrected chi connectivity index (χ1v) is 6.36. The predicted molar refractivity (Wildman–Crippen MR) is 68.7 cm³/mol. The van der Waals surface area contributed by atoms with Crippen molar-refractivity contribution >= 4 is 5.97 Å². The summed E-state index contributed by atoms with van der Waals surface area (Å²) in [6.45, 7) is 6.97. The summed E-state index contributed by atoms with van der Waals surface area (Å²) in [5.41, 5.74) is -0.203. The van der Waals surface area contributed by atoms with E-state index in [2.05, 4.69) is 11.8 Å². The third-order valence-corrected chi connectivity index (χ3v) is 3.93. The molecular formula is C13H25NO4. The highest BCUT2D eigenvalue weighted by Crippen LogP contribution is 2.25. The number of carboxylic acids is 1. The van der Waals surface area contributed by atoms with E-state index in [0.717, 1.165) is 6.42 Å². The Morgan fingerprint density at radius 1 is 1.56 bits per heavy atom. The zero-order valence-electron chi connectivity index (χ0n) is 12.0. The van der Waals surface area contributed by atoms with Gasteiger partial charge < -0.3 is 14.6 Å². The highest BCUT2D eigenvalue weighted by molar-refractivity contribution is 5.71. The van der Waals surface area contributed by atoms with Crippen LogP contribution >= 0.6 is 0 Å². The SMILES string of the molecule is COC(C)(C)CC(C)N(C)C1COCC1C(=O)O. The zero-order valence-corrected chi connectivity index (χ0v) is 12.0. The molecule has 1 aliphatic heterocycles. The topological polar surface area (TPSA) is 59.0 Å². The fourth-order valence-electron chi connectivity index (χ4n) is 2.45. The van der Waals surface area contributed by atoms with Crippen LogP contribution in [0, 0.1) is 5.92 Å². The molecule has 0 spiro atoms. The number of aliphatic carboxylic acids is 1. The van der Waals surface area contributed by atoms with Crippen LogP contribution in [0.4, 0.5) is 0 Å². The van der Waals surface area contributed by atoms with E-state index in [1.54, 1.807) is 7.11 Å². The molecule has 0 saturated carbocycles. The Labute approximate surface area is 109 Å². The molecule has 1 N–H and O–H groups in total. The molecule has 3 atom stereocenters. The maximum Gasteiger partial charge on any atom is 0.310 e. The quantitative estimate of drug-likeness (QED) is 0.777. The summed E-state index contributed by atoms with van der Waals surface area (Å²) in [6.07, 6.45) is 0.850. The molecular weight excluding hydrogens is 234 g/mol. The van der Waals surface area contributed by atoms with Crippen molar-refractivity contribution in [1.82, 2.24) is 4.90 Å². The Hall–Kier alpha value is -0.650. The Morgan fingerprint density at radius 3 is 2.67 bits per heavy atom. The molecule has 1 rings (SSSR count). The largest absolute Gasteiger partial charge is 0.481 e. The molecule has 1 saturated heterocycles. The van der Waals surface area contributed by atoms with Crippen molar-refractivity contribution in [2.24, 2.45) is 5.92 Å². The summed E-state index contributed by atoms with van der Waals surface area (Å²) < 4.78 is 10.7. The minimum absolute atomic E-state index is 0.0508. The molecule has 106 valence electrons. The minimum Gasteiger partial charge on any atom is -0.481 e. The number of likely N-dealkylation sites (N-methyl/N-ethyl adjacent to an activating group) is 1. The molecule has 1 fully saturated rings. The van der Waals surface area contributed by atoms with E-state index in [1.165, 1.54) is 0 Å². The molecule has 0 aromatic rings. The van der Waals surface area contributed by atoms with Gasteiger partial charge in [-0.05, 0) is 34.2 Å². The van der Waals surface area contributed by atoms with Gasteiger partial charge in [0.25, 0.3) is 0 Å². The number of hydrogen-bond acceptors (Lipinski definition) is 4. The average molecular weight is 259 g/mol. The van der Waals surface area contributed by atoms with Crippen LogP contribution in [-0.2, 0) is 14.3 Å². The number of carbonyl (C=O) groups is 1. The van der Waals surface area contributed by atoms with Crippen LogP contribution in [0.25, 0.3) is 0 Å². The number of hydrogen-bond donors (Lipinski definition) is 1. The Kier molecular flexibility index (Phi) is 5.13. The van der Waals surface area contributed by atoms with E-state index < -0.39 is 11.9 Å². The first kappa shape index (κ1) is 15.4. The van der Waals surface area contributed by atoms with Crippen LogP contribution in [0.15, 0.2) is 0 Å². The van der Waals surface area contributed by atoms with Crippen LogP contribution < -0.4 is 0 Å². The molecule has 5 nitrogen and oxygen atoms in total. The highest BCUT2D eigenvalue weighted by Gasteiger charge is 2.38. The van der Waals surface area contributed by atoms with Gasteiger partial charge in [-0.2, -0.15) is 0 Å². The van der Waals surface area contributed by atoms with E-state index in [0.29, 0.717) is 13.2 Å². The van der Waals surface area contributed by atoms with Crippen molar-refractivity contribution in [1.29, 1.82) is 0 Å². The molecule has 0 bridgehead atoms. The second kappa shape index (κ2) is 5.99. The fourth-order valence-corrected chi connectivity index (χ4v) is 2.45. The van der Waals surface area contributed by atoms with Gasteiger partial charge in [0.2, 0.25) is 0 Å². The van der Waals surface area contributed by atoms with Gasteiger partial charge in [0.1, 0.15) is 0 Å². The lowest BCUT2D eigenvalue weighted by Gasteiger charge is -2.36. The molecule has 0 aromatic carbocycles. The molecule has 0 amide bonds. The number of rotatable bonds is 6. The third kappa shape index (κ3) is 3.67. The highest BCUT2D eigenvalue weighted by atomic mass is 16.5. The number of carboxylic acid groups (broad SMARTS) is 1.